The van der Waals surface area contributed by atoms with Crippen LogP contribution >= 0.6 is 11.6 Å². The topological polar surface area (TPSA) is 21.3 Å². The Morgan fingerprint density at radius 3 is 2.94 bits per heavy atom. The predicted molar refractivity (Wildman–Crippen MR) is 76.5 cm³/mol. The Morgan fingerprint density at radius 2 is 2.22 bits per heavy atom. The minimum atomic E-state index is 0.294. The predicted octanol–water partition coefficient (Wildman–Crippen LogP) is 3.95. The van der Waals surface area contributed by atoms with Crippen LogP contribution in [0.25, 0.3) is 0 Å². The lowest BCUT2D eigenvalue weighted by Gasteiger charge is -2.30. The van der Waals surface area contributed by atoms with E-state index >= 15 is 0 Å². The summed E-state index contributed by atoms with van der Waals surface area (Å²) >= 11 is 6.21. The highest BCUT2D eigenvalue weighted by Crippen LogP contribution is 2.29. The number of benzene rings is 1. The zero-order valence-electron chi connectivity index (χ0n) is 11.2. The Hall–Kier alpha value is -0.730. The Morgan fingerprint density at radius 1 is 1.39 bits per heavy atom. The monoisotopic (exact) mass is 267 g/mol. The Balaban J connectivity index is 1.96. The molecule has 2 nitrogen and oxygen atoms in total. The van der Waals surface area contributed by atoms with Crippen molar-refractivity contribution >= 4 is 11.6 Å². The highest BCUT2D eigenvalue weighted by atomic mass is 35.5. The summed E-state index contributed by atoms with van der Waals surface area (Å²) in [6, 6.07) is 6.58. The number of aryl methyl sites for hydroxylation is 1. The van der Waals surface area contributed by atoms with E-state index in [0.29, 0.717) is 12.1 Å². The molecule has 0 amide bonds. The van der Waals surface area contributed by atoms with Gasteiger partial charge in [-0.1, -0.05) is 24.6 Å². The third-order valence-corrected chi connectivity index (χ3v) is 3.80. The lowest BCUT2D eigenvalue weighted by atomic mass is 9.93. The SMILES string of the molecule is CCNC1CCCC(Oc2ccc(C)cc2Cl)C1. The summed E-state index contributed by atoms with van der Waals surface area (Å²) in [6.45, 7) is 5.22. The first-order valence-corrected chi connectivity index (χ1v) is 7.23. The van der Waals surface area contributed by atoms with E-state index in [0.717, 1.165) is 30.2 Å². The zero-order chi connectivity index (χ0) is 13.0. The lowest BCUT2D eigenvalue weighted by Crippen LogP contribution is -2.37. The smallest absolute Gasteiger partial charge is 0.138 e. The standard InChI is InChI=1S/C15H22ClNO/c1-3-17-12-5-4-6-13(10-12)18-15-8-7-11(2)9-14(15)16/h7-9,12-13,17H,3-6,10H2,1-2H3. The molecular weight excluding hydrogens is 246 g/mol. The molecule has 1 aliphatic rings. The molecule has 1 N–H and O–H groups in total. The molecule has 1 fully saturated rings. The molecule has 1 aromatic carbocycles. The van der Waals surface area contributed by atoms with Crippen molar-refractivity contribution in [1.29, 1.82) is 0 Å². The van der Waals surface area contributed by atoms with E-state index in [1.165, 1.54) is 18.4 Å². The van der Waals surface area contributed by atoms with Crippen molar-refractivity contribution in [3.8, 4) is 5.75 Å². The molecule has 2 atom stereocenters. The van der Waals surface area contributed by atoms with E-state index in [1.54, 1.807) is 0 Å². The molecule has 100 valence electrons. The second-order valence-electron chi connectivity index (χ2n) is 5.09. The lowest BCUT2D eigenvalue weighted by molar-refractivity contribution is 0.135. The fraction of sp³-hybridized carbons (Fsp3) is 0.600. The van der Waals surface area contributed by atoms with E-state index in [2.05, 4.69) is 12.2 Å². The van der Waals surface area contributed by atoms with Crippen LogP contribution in [-0.4, -0.2) is 18.7 Å². The van der Waals surface area contributed by atoms with E-state index < -0.39 is 0 Å². The van der Waals surface area contributed by atoms with Crippen LogP contribution in [0.1, 0.15) is 38.2 Å². The average molecular weight is 268 g/mol. The summed E-state index contributed by atoms with van der Waals surface area (Å²) in [4.78, 5) is 0. The number of nitrogens with one attached hydrogen (secondary N) is 1. The maximum Gasteiger partial charge on any atom is 0.138 e. The van der Waals surface area contributed by atoms with Gasteiger partial charge in [-0.05, 0) is 56.8 Å². The Labute approximate surface area is 115 Å². The minimum absolute atomic E-state index is 0.294. The molecule has 1 aliphatic carbocycles. The minimum Gasteiger partial charge on any atom is -0.489 e. The number of rotatable bonds is 4. The van der Waals surface area contributed by atoms with Gasteiger partial charge in [0, 0.05) is 6.04 Å². The van der Waals surface area contributed by atoms with Gasteiger partial charge in [0.25, 0.3) is 0 Å². The van der Waals surface area contributed by atoms with E-state index in [4.69, 9.17) is 16.3 Å². The van der Waals surface area contributed by atoms with Gasteiger partial charge in [0.2, 0.25) is 0 Å². The van der Waals surface area contributed by atoms with Crippen LogP contribution < -0.4 is 10.1 Å². The van der Waals surface area contributed by atoms with Crippen LogP contribution in [0.2, 0.25) is 5.02 Å². The van der Waals surface area contributed by atoms with E-state index in [1.807, 2.05) is 25.1 Å². The van der Waals surface area contributed by atoms with Gasteiger partial charge in [-0.3, -0.25) is 0 Å². The normalized spacial score (nSPS) is 23.9. The van der Waals surface area contributed by atoms with Crippen molar-refractivity contribution in [2.24, 2.45) is 0 Å². The maximum absolute atomic E-state index is 6.21. The molecule has 0 aromatic heterocycles. The van der Waals surface area contributed by atoms with Crippen LogP contribution in [0.4, 0.5) is 0 Å². The van der Waals surface area contributed by atoms with Gasteiger partial charge >= 0.3 is 0 Å². The average Bonchev–Trinajstić information content (AvgIpc) is 2.34. The summed E-state index contributed by atoms with van der Waals surface area (Å²) < 4.78 is 6.05. The molecule has 1 aromatic rings. The number of hydrogen-bond acceptors (Lipinski definition) is 2. The number of halogens is 1. The first-order valence-electron chi connectivity index (χ1n) is 6.85. The van der Waals surface area contributed by atoms with Crippen LogP contribution in [-0.2, 0) is 0 Å². The highest BCUT2D eigenvalue weighted by molar-refractivity contribution is 6.32. The van der Waals surface area contributed by atoms with Gasteiger partial charge in [0.05, 0.1) is 5.02 Å². The second kappa shape index (κ2) is 6.44. The largest absolute Gasteiger partial charge is 0.489 e. The number of hydrogen-bond donors (Lipinski definition) is 1. The molecule has 1 saturated carbocycles. The van der Waals surface area contributed by atoms with Crippen LogP contribution in [0, 0.1) is 6.92 Å². The molecule has 18 heavy (non-hydrogen) atoms. The van der Waals surface area contributed by atoms with Gasteiger partial charge in [-0.2, -0.15) is 0 Å². The van der Waals surface area contributed by atoms with Crippen LogP contribution in [0.15, 0.2) is 18.2 Å². The van der Waals surface area contributed by atoms with Gasteiger partial charge in [-0.15, -0.1) is 0 Å². The van der Waals surface area contributed by atoms with Gasteiger partial charge in [0.15, 0.2) is 0 Å². The highest BCUT2D eigenvalue weighted by Gasteiger charge is 2.23. The summed E-state index contributed by atoms with van der Waals surface area (Å²) in [6.07, 6.45) is 4.99. The molecule has 2 unspecified atom stereocenters. The molecule has 0 saturated heterocycles. The first-order chi connectivity index (χ1) is 8.69. The molecular formula is C15H22ClNO. The fourth-order valence-electron chi connectivity index (χ4n) is 2.61. The van der Waals surface area contributed by atoms with E-state index in [9.17, 15) is 0 Å². The molecule has 2 rings (SSSR count). The molecule has 0 bridgehead atoms. The van der Waals surface area contributed by atoms with E-state index in [-0.39, 0.29) is 0 Å². The number of ether oxygens (including phenoxy) is 1. The molecule has 0 aliphatic heterocycles. The molecule has 0 spiro atoms. The van der Waals surface area contributed by atoms with Gasteiger partial charge < -0.3 is 10.1 Å². The fourth-order valence-corrected chi connectivity index (χ4v) is 2.89. The van der Waals surface area contributed by atoms with Crippen molar-refractivity contribution < 1.29 is 4.74 Å². The summed E-state index contributed by atoms with van der Waals surface area (Å²) in [5.74, 6) is 0.824. The maximum atomic E-state index is 6.21. The summed E-state index contributed by atoms with van der Waals surface area (Å²) in [5, 5.41) is 4.23. The van der Waals surface area contributed by atoms with Crippen molar-refractivity contribution in [1.82, 2.24) is 5.32 Å². The molecule has 0 radical (unpaired) electrons. The van der Waals surface area contributed by atoms with Gasteiger partial charge in [-0.25, -0.2) is 0 Å². The van der Waals surface area contributed by atoms with Crippen molar-refractivity contribution in [3.63, 3.8) is 0 Å². The zero-order valence-corrected chi connectivity index (χ0v) is 12.0. The summed E-state index contributed by atoms with van der Waals surface area (Å²) in [7, 11) is 0. The molecule has 3 heteroatoms. The first kappa shape index (κ1) is 13.7. The van der Waals surface area contributed by atoms with Crippen molar-refractivity contribution in [2.45, 2.75) is 51.7 Å². The van der Waals surface area contributed by atoms with Crippen molar-refractivity contribution in [2.75, 3.05) is 6.54 Å². The van der Waals surface area contributed by atoms with Crippen LogP contribution in [0.3, 0.4) is 0 Å². The van der Waals surface area contributed by atoms with Crippen LogP contribution in [0.5, 0.6) is 5.75 Å². The third-order valence-electron chi connectivity index (χ3n) is 3.50. The Kier molecular flexibility index (Phi) is 4.90. The quantitative estimate of drug-likeness (QED) is 0.892. The third kappa shape index (κ3) is 3.63. The van der Waals surface area contributed by atoms with Gasteiger partial charge in [0.1, 0.15) is 11.9 Å². The molecule has 0 heterocycles. The Bertz CT molecular complexity index is 392. The van der Waals surface area contributed by atoms with Crippen molar-refractivity contribution in [3.05, 3.63) is 28.8 Å². The second-order valence-corrected chi connectivity index (χ2v) is 5.50. The summed E-state index contributed by atoms with van der Waals surface area (Å²) in [5.41, 5.74) is 1.17.